The summed E-state index contributed by atoms with van der Waals surface area (Å²) in [5.74, 6) is -1.46. The van der Waals surface area contributed by atoms with Crippen LogP contribution in [0.15, 0.2) is 0 Å². The Morgan fingerprint density at radius 1 is 0.692 bits per heavy atom. The lowest BCUT2D eigenvalue weighted by atomic mass is 10.0. The highest BCUT2D eigenvalue weighted by Crippen LogP contribution is 2.14. The molecule has 0 saturated heterocycles. The maximum atomic E-state index is 11.9. The highest BCUT2D eigenvalue weighted by Gasteiger charge is 2.38. The van der Waals surface area contributed by atoms with E-state index in [0.717, 1.165) is 57.8 Å². The molecule has 0 bridgehead atoms. The zero-order valence-corrected chi connectivity index (χ0v) is 16.3. The highest BCUT2D eigenvalue weighted by molar-refractivity contribution is 5.81. The van der Waals surface area contributed by atoms with Crippen molar-refractivity contribution in [3.05, 3.63) is 0 Å². The van der Waals surface area contributed by atoms with Gasteiger partial charge < -0.3 is 5.32 Å². The van der Waals surface area contributed by atoms with E-state index in [0.29, 0.717) is 18.6 Å². The Bertz CT molecular complexity index is 371. The molecule has 0 atom stereocenters. The van der Waals surface area contributed by atoms with Crippen molar-refractivity contribution in [3.8, 4) is 0 Å². The molecule has 1 amide bonds. The summed E-state index contributed by atoms with van der Waals surface area (Å²) in [7, 11) is 0. The van der Waals surface area contributed by atoms with Gasteiger partial charge >= 0.3 is 12.1 Å². The van der Waals surface area contributed by atoms with Crippen LogP contribution in [0.4, 0.5) is 13.2 Å². The number of halogens is 3. The summed E-state index contributed by atoms with van der Waals surface area (Å²) >= 11 is 0. The highest BCUT2D eigenvalue weighted by atomic mass is 19.4. The molecular formula is C20H36F3NO2. The zero-order valence-electron chi connectivity index (χ0n) is 16.3. The summed E-state index contributed by atoms with van der Waals surface area (Å²) < 4.78 is 35.8. The van der Waals surface area contributed by atoms with E-state index in [1.165, 1.54) is 25.7 Å². The van der Waals surface area contributed by atoms with Gasteiger partial charge in [-0.25, -0.2) is 0 Å². The fourth-order valence-corrected chi connectivity index (χ4v) is 2.86. The summed E-state index contributed by atoms with van der Waals surface area (Å²) in [5.41, 5.74) is 0. The van der Waals surface area contributed by atoms with E-state index in [-0.39, 0.29) is 6.54 Å². The van der Waals surface area contributed by atoms with Gasteiger partial charge in [0.05, 0.1) is 0 Å². The maximum absolute atomic E-state index is 11.9. The van der Waals surface area contributed by atoms with Gasteiger partial charge in [0.15, 0.2) is 0 Å². The number of hydrogen-bond donors (Lipinski definition) is 1. The number of carbonyl (C=O) groups is 2. The van der Waals surface area contributed by atoms with Gasteiger partial charge in [-0.1, -0.05) is 71.1 Å². The van der Waals surface area contributed by atoms with Crippen LogP contribution in [0.2, 0.25) is 0 Å². The number of ketones is 1. The summed E-state index contributed by atoms with van der Waals surface area (Å²) in [4.78, 5) is 22.3. The van der Waals surface area contributed by atoms with Crippen molar-refractivity contribution < 1.29 is 22.8 Å². The van der Waals surface area contributed by atoms with Gasteiger partial charge in [0.1, 0.15) is 5.78 Å². The first-order valence-corrected chi connectivity index (χ1v) is 10.2. The van der Waals surface area contributed by atoms with Crippen LogP contribution in [-0.2, 0) is 9.59 Å². The number of rotatable bonds is 17. The van der Waals surface area contributed by atoms with Crippen molar-refractivity contribution in [1.82, 2.24) is 5.32 Å². The first-order chi connectivity index (χ1) is 12.4. The molecule has 3 nitrogen and oxygen atoms in total. The number of hydrogen-bond acceptors (Lipinski definition) is 2. The molecular weight excluding hydrogens is 343 g/mol. The molecule has 0 unspecified atom stereocenters. The fraction of sp³-hybridized carbons (Fsp3) is 0.900. The molecule has 0 spiro atoms. The van der Waals surface area contributed by atoms with Gasteiger partial charge in [-0.3, -0.25) is 9.59 Å². The number of Topliss-reactive ketones (excluding diaryl/α,β-unsaturated/α-hetero) is 1. The Balaban J connectivity index is 3.26. The van der Waals surface area contributed by atoms with Gasteiger partial charge in [-0.05, 0) is 19.3 Å². The minimum Gasteiger partial charge on any atom is -0.348 e. The lowest BCUT2D eigenvalue weighted by Gasteiger charge is -2.07. The monoisotopic (exact) mass is 379 g/mol. The smallest absolute Gasteiger partial charge is 0.348 e. The summed E-state index contributed by atoms with van der Waals surface area (Å²) in [6, 6.07) is 0. The first-order valence-electron chi connectivity index (χ1n) is 10.2. The topological polar surface area (TPSA) is 46.2 Å². The Labute approximate surface area is 156 Å². The number of carbonyl (C=O) groups excluding carboxylic acids is 2. The first kappa shape index (κ1) is 24.9. The molecule has 0 aromatic heterocycles. The Kier molecular flexibility index (Phi) is 15.5. The second-order valence-electron chi connectivity index (χ2n) is 7.03. The zero-order chi connectivity index (χ0) is 19.7. The SMILES string of the molecule is CCCCCCCC(=O)CCCCCCCCCCNC(=O)C(F)(F)F. The molecule has 0 rings (SSSR count). The third kappa shape index (κ3) is 16.4. The van der Waals surface area contributed by atoms with Gasteiger partial charge in [-0.15, -0.1) is 0 Å². The molecule has 0 aliphatic rings. The minimum atomic E-state index is -4.78. The van der Waals surface area contributed by atoms with E-state index in [9.17, 15) is 22.8 Å². The standard InChI is InChI=1S/C20H36F3NO2/c1-2-3-4-9-12-15-18(25)16-13-10-7-5-6-8-11-14-17-24-19(26)20(21,22)23/h2-17H2,1H3,(H,24,26). The minimum absolute atomic E-state index is 0.0822. The number of nitrogens with one attached hydrogen (secondary N) is 1. The fourth-order valence-electron chi connectivity index (χ4n) is 2.86. The van der Waals surface area contributed by atoms with Crippen molar-refractivity contribution in [2.45, 2.75) is 109 Å². The third-order valence-corrected chi connectivity index (χ3v) is 4.48. The molecule has 0 aromatic rings. The predicted molar refractivity (Wildman–Crippen MR) is 99.0 cm³/mol. The van der Waals surface area contributed by atoms with Crippen LogP contribution < -0.4 is 5.32 Å². The van der Waals surface area contributed by atoms with E-state index in [2.05, 4.69) is 6.92 Å². The molecule has 0 fully saturated rings. The van der Waals surface area contributed by atoms with Crippen molar-refractivity contribution >= 4 is 11.7 Å². The van der Waals surface area contributed by atoms with Crippen LogP contribution in [-0.4, -0.2) is 24.4 Å². The molecule has 0 heterocycles. The van der Waals surface area contributed by atoms with Crippen LogP contribution in [0.3, 0.4) is 0 Å². The largest absolute Gasteiger partial charge is 0.471 e. The van der Waals surface area contributed by atoms with Crippen LogP contribution >= 0.6 is 0 Å². The lowest BCUT2D eigenvalue weighted by Crippen LogP contribution is -2.37. The molecule has 26 heavy (non-hydrogen) atoms. The van der Waals surface area contributed by atoms with E-state index < -0.39 is 12.1 Å². The van der Waals surface area contributed by atoms with Crippen LogP contribution in [0.25, 0.3) is 0 Å². The second kappa shape index (κ2) is 16.1. The Morgan fingerprint density at radius 3 is 1.58 bits per heavy atom. The van der Waals surface area contributed by atoms with Gasteiger partial charge in [0.25, 0.3) is 0 Å². The van der Waals surface area contributed by atoms with Crippen LogP contribution in [0.5, 0.6) is 0 Å². The van der Waals surface area contributed by atoms with Crippen molar-refractivity contribution in [1.29, 1.82) is 0 Å². The molecule has 0 saturated carbocycles. The van der Waals surface area contributed by atoms with Crippen molar-refractivity contribution in [2.24, 2.45) is 0 Å². The molecule has 0 aromatic carbocycles. The predicted octanol–water partition coefficient (Wildman–Crippen LogP) is 6.11. The second-order valence-corrected chi connectivity index (χ2v) is 7.03. The summed E-state index contributed by atoms with van der Waals surface area (Å²) in [5, 5.41) is 1.88. The molecule has 1 N–H and O–H groups in total. The number of amides is 1. The lowest BCUT2D eigenvalue weighted by molar-refractivity contribution is -0.173. The van der Waals surface area contributed by atoms with Gasteiger partial charge in [0.2, 0.25) is 0 Å². The normalized spacial score (nSPS) is 11.5. The van der Waals surface area contributed by atoms with Gasteiger partial charge in [0, 0.05) is 19.4 Å². The Hall–Kier alpha value is -1.07. The molecule has 0 radical (unpaired) electrons. The quantitative estimate of drug-likeness (QED) is 0.310. The average Bonchev–Trinajstić information content (AvgIpc) is 2.58. The molecule has 6 heteroatoms. The average molecular weight is 380 g/mol. The maximum Gasteiger partial charge on any atom is 0.471 e. The van der Waals surface area contributed by atoms with Gasteiger partial charge in [-0.2, -0.15) is 13.2 Å². The molecule has 154 valence electrons. The number of unbranched alkanes of at least 4 members (excludes halogenated alkanes) is 11. The van der Waals surface area contributed by atoms with Crippen LogP contribution in [0, 0.1) is 0 Å². The molecule has 0 aliphatic heterocycles. The third-order valence-electron chi connectivity index (χ3n) is 4.48. The van der Waals surface area contributed by atoms with E-state index in [1.807, 2.05) is 5.32 Å². The number of alkyl halides is 3. The van der Waals surface area contributed by atoms with E-state index in [4.69, 9.17) is 0 Å². The van der Waals surface area contributed by atoms with E-state index in [1.54, 1.807) is 0 Å². The van der Waals surface area contributed by atoms with Crippen LogP contribution in [0.1, 0.15) is 103 Å². The van der Waals surface area contributed by atoms with Crippen molar-refractivity contribution in [3.63, 3.8) is 0 Å². The van der Waals surface area contributed by atoms with E-state index >= 15 is 0 Å². The summed E-state index contributed by atoms with van der Waals surface area (Å²) in [6.45, 7) is 2.27. The van der Waals surface area contributed by atoms with Crippen molar-refractivity contribution in [2.75, 3.05) is 6.54 Å². The summed E-state index contributed by atoms with van der Waals surface area (Å²) in [6.07, 6.45) is 10.2. The Morgan fingerprint density at radius 2 is 1.12 bits per heavy atom. The molecule has 0 aliphatic carbocycles.